The molecule has 1 aromatic heterocycles. The van der Waals surface area contributed by atoms with Gasteiger partial charge < -0.3 is 4.42 Å². The van der Waals surface area contributed by atoms with Crippen LogP contribution in [0.5, 0.6) is 0 Å². The molecule has 0 aromatic carbocycles. The summed E-state index contributed by atoms with van der Waals surface area (Å²) in [4.78, 5) is 11.5. The molecule has 0 spiro atoms. The maximum atomic E-state index is 11.5. The maximum Gasteiger partial charge on any atom is 0.133 e. The lowest BCUT2D eigenvalue weighted by Crippen LogP contribution is -2.23. The highest BCUT2D eigenvalue weighted by Crippen LogP contribution is 2.38. The van der Waals surface area contributed by atoms with Crippen molar-refractivity contribution < 1.29 is 9.21 Å². The number of furan rings is 1. The highest BCUT2D eigenvalue weighted by atomic mass is 16.3. The van der Waals surface area contributed by atoms with E-state index in [1.54, 1.807) is 6.26 Å². The number of carbonyl (C=O) groups excluding carboxylic acids is 1. The molecular formula is C13H18O2. The first kappa shape index (κ1) is 10.5. The van der Waals surface area contributed by atoms with Gasteiger partial charge in [0.05, 0.1) is 6.26 Å². The Hall–Kier alpha value is -1.05. The molecule has 82 valence electrons. The van der Waals surface area contributed by atoms with E-state index in [1.807, 2.05) is 12.1 Å². The SMILES string of the molecule is CCCC1CCC(=O)CC1c1ccco1. The molecule has 1 fully saturated rings. The molecule has 2 unspecified atom stereocenters. The van der Waals surface area contributed by atoms with Crippen LogP contribution in [0.4, 0.5) is 0 Å². The maximum absolute atomic E-state index is 11.5. The van der Waals surface area contributed by atoms with Crippen molar-refractivity contribution in [3.63, 3.8) is 0 Å². The Kier molecular flexibility index (Phi) is 3.24. The molecule has 0 radical (unpaired) electrons. The van der Waals surface area contributed by atoms with Crippen molar-refractivity contribution in [2.45, 2.75) is 44.9 Å². The van der Waals surface area contributed by atoms with Gasteiger partial charge in [0.15, 0.2) is 0 Å². The fourth-order valence-electron chi connectivity index (χ4n) is 2.61. The van der Waals surface area contributed by atoms with Crippen molar-refractivity contribution in [1.29, 1.82) is 0 Å². The molecule has 2 nitrogen and oxygen atoms in total. The highest BCUT2D eigenvalue weighted by molar-refractivity contribution is 5.80. The van der Waals surface area contributed by atoms with Crippen LogP contribution < -0.4 is 0 Å². The molecule has 2 atom stereocenters. The van der Waals surface area contributed by atoms with Gasteiger partial charge in [-0.05, 0) is 30.9 Å². The largest absolute Gasteiger partial charge is 0.469 e. The first-order valence-electron chi connectivity index (χ1n) is 5.86. The molecule has 1 heterocycles. The predicted molar refractivity (Wildman–Crippen MR) is 58.7 cm³/mol. The summed E-state index contributed by atoms with van der Waals surface area (Å²) in [6, 6.07) is 3.92. The van der Waals surface area contributed by atoms with Crippen LogP contribution in [0, 0.1) is 5.92 Å². The van der Waals surface area contributed by atoms with Crippen LogP contribution in [-0.4, -0.2) is 5.78 Å². The minimum atomic E-state index is 0.334. The summed E-state index contributed by atoms with van der Waals surface area (Å²) in [6.07, 6.45) is 6.59. The second kappa shape index (κ2) is 4.65. The molecule has 0 N–H and O–H groups in total. The van der Waals surface area contributed by atoms with E-state index in [2.05, 4.69) is 6.92 Å². The average molecular weight is 206 g/mol. The van der Waals surface area contributed by atoms with Crippen LogP contribution in [0.1, 0.15) is 50.7 Å². The highest BCUT2D eigenvalue weighted by Gasteiger charge is 2.31. The molecule has 1 aliphatic carbocycles. The lowest BCUT2D eigenvalue weighted by molar-refractivity contribution is -0.121. The van der Waals surface area contributed by atoms with Crippen molar-refractivity contribution >= 4 is 5.78 Å². The van der Waals surface area contributed by atoms with E-state index in [0.29, 0.717) is 24.0 Å². The van der Waals surface area contributed by atoms with Gasteiger partial charge in [0, 0.05) is 18.8 Å². The zero-order valence-corrected chi connectivity index (χ0v) is 9.24. The van der Waals surface area contributed by atoms with Gasteiger partial charge in [0.25, 0.3) is 0 Å². The predicted octanol–water partition coefficient (Wildman–Crippen LogP) is 3.53. The molecule has 0 saturated heterocycles. The van der Waals surface area contributed by atoms with Gasteiger partial charge >= 0.3 is 0 Å². The Morgan fingerprint density at radius 1 is 1.53 bits per heavy atom. The third kappa shape index (κ3) is 2.31. The number of hydrogen-bond acceptors (Lipinski definition) is 2. The molecule has 15 heavy (non-hydrogen) atoms. The second-order valence-electron chi connectivity index (χ2n) is 4.45. The summed E-state index contributed by atoms with van der Waals surface area (Å²) in [6.45, 7) is 2.20. The van der Waals surface area contributed by atoms with E-state index in [9.17, 15) is 4.79 Å². The summed E-state index contributed by atoms with van der Waals surface area (Å²) in [5.74, 6) is 2.37. The zero-order chi connectivity index (χ0) is 10.7. The number of hydrogen-bond donors (Lipinski definition) is 0. The number of ketones is 1. The standard InChI is InChI=1S/C13H18O2/c1-2-4-10-6-7-11(14)9-12(10)13-5-3-8-15-13/h3,5,8,10,12H,2,4,6-7,9H2,1H3. The van der Waals surface area contributed by atoms with Gasteiger partial charge in [-0.25, -0.2) is 0 Å². The van der Waals surface area contributed by atoms with Gasteiger partial charge in [-0.15, -0.1) is 0 Å². The van der Waals surface area contributed by atoms with Crippen molar-refractivity contribution in [1.82, 2.24) is 0 Å². The average Bonchev–Trinajstić information content (AvgIpc) is 2.74. The fourth-order valence-corrected chi connectivity index (χ4v) is 2.61. The number of rotatable bonds is 3. The Bertz CT molecular complexity index is 313. The molecule has 0 amide bonds. The molecule has 2 rings (SSSR count). The van der Waals surface area contributed by atoms with Gasteiger partial charge in [0.1, 0.15) is 11.5 Å². The molecule has 0 bridgehead atoms. The zero-order valence-electron chi connectivity index (χ0n) is 9.24. The molecule has 1 aliphatic rings. The molecule has 1 aromatic rings. The smallest absolute Gasteiger partial charge is 0.133 e. The van der Waals surface area contributed by atoms with Crippen molar-refractivity contribution in [2.24, 2.45) is 5.92 Å². The monoisotopic (exact) mass is 206 g/mol. The van der Waals surface area contributed by atoms with Crippen LogP contribution in [0.2, 0.25) is 0 Å². The van der Waals surface area contributed by atoms with Crippen molar-refractivity contribution in [2.75, 3.05) is 0 Å². The third-order valence-corrected chi connectivity index (χ3v) is 3.38. The normalized spacial score (nSPS) is 26.9. The first-order chi connectivity index (χ1) is 7.31. The lowest BCUT2D eigenvalue weighted by Gasteiger charge is -2.29. The van der Waals surface area contributed by atoms with Gasteiger partial charge in [-0.2, -0.15) is 0 Å². The van der Waals surface area contributed by atoms with E-state index >= 15 is 0 Å². The van der Waals surface area contributed by atoms with E-state index in [1.165, 1.54) is 12.8 Å². The van der Waals surface area contributed by atoms with E-state index in [0.717, 1.165) is 18.6 Å². The number of Topliss-reactive ketones (excluding diaryl/α,β-unsaturated/α-hetero) is 1. The summed E-state index contributed by atoms with van der Waals surface area (Å²) in [5, 5.41) is 0. The Morgan fingerprint density at radius 2 is 2.40 bits per heavy atom. The molecule has 2 heteroatoms. The van der Waals surface area contributed by atoms with E-state index in [4.69, 9.17) is 4.42 Å². The van der Waals surface area contributed by atoms with Crippen LogP contribution in [0.25, 0.3) is 0 Å². The van der Waals surface area contributed by atoms with E-state index in [-0.39, 0.29) is 0 Å². The molecule has 1 saturated carbocycles. The van der Waals surface area contributed by atoms with Crippen molar-refractivity contribution in [3.8, 4) is 0 Å². The van der Waals surface area contributed by atoms with Crippen molar-refractivity contribution in [3.05, 3.63) is 24.2 Å². The lowest BCUT2D eigenvalue weighted by atomic mass is 9.75. The Labute approximate surface area is 90.7 Å². The molecule has 0 aliphatic heterocycles. The van der Waals surface area contributed by atoms with E-state index < -0.39 is 0 Å². The summed E-state index contributed by atoms with van der Waals surface area (Å²) in [5.41, 5.74) is 0. The topological polar surface area (TPSA) is 30.2 Å². The second-order valence-corrected chi connectivity index (χ2v) is 4.45. The minimum Gasteiger partial charge on any atom is -0.469 e. The minimum absolute atomic E-state index is 0.334. The Morgan fingerprint density at radius 3 is 3.07 bits per heavy atom. The molecular weight excluding hydrogens is 188 g/mol. The van der Waals surface area contributed by atoms with Crippen LogP contribution in [-0.2, 0) is 4.79 Å². The van der Waals surface area contributed by atoms with Gasteiger partial charge in [0.2, 0.25) is 0 Å². The summed E-state index contributed by atoms with van der Waals surface area (Å²) >= 11 is 0. The quantitative estimate of drug-likeness (QED) is 0.757. The van der Waals surface area contributed by atoms with Crippen LogP contribution in [0.3, 0.4) is 0 Å². The Balaban J connectivity index is 2.13. The third-order valence-electron chi connectivity index (χ3n) is 3.38. The van der Waals surface area contributed by atoms with Crippen LogP contribution in [0.15, 0.2) is 22.8 Å². The fraction of sp³-hybridized carbons (Fsp3) is 0.615. The van der Waals surface area contributed by atoms with Crippen LogP contribution >= 0.6 is 0 Å². The first-order valence-corrected chi connectivity index (χ1v) is 5.86. The summed E-state index contributed by atoms with van der Waals surface area (Å²) < 4.78 is 5.45. The van der Waals surface area contributed by atoms with Gasteiger partial charge in [-0.1, -0.05) is 13.3 Å². The number of carbonyl (C=O) groups is 1. The summed E-state index contributed by atoms with van der Waals surface area (Å²) in [7, 11) is 0. The van der Waals surface area contributed by atoms with Gasteiger partial charge in [-0.3, -0.25) is 4.79 Å².